The number of alkyl halides is 2. The second-order valence-electron chi connectivity index (χ2n) is 6.00. The number of nitrogens with one attached hydrogen (secondary N) is 2. The Morgan fingerprint density at radius 3 is 2.83 bits per heavy atom. The molecule has 0 spiro atoms. The molecule has 0 unspecified atom stereocenters. The first-order valence-electron chi connectivity index (χ1n) is 8.95. The summed E-state index contributed by atoms with van der Waals surface area (Å²) in [4.78, 5) is 4.15. The lowest BCUT2D eigenvalue weighted by Gasteiger charge is -2.15. The van der Waals surface area contributed by atoms with Gasteiger partial charge in [-0.2, -0.15) is 8.78 Å². The van der Waals surface area contributed by atoms with E-state index in [2.05, 4.69) is 30.6 Å². The van der Waals surface area contributed by atoms with Gasteiger partial charge in [0.05, 0.1) is 7.11 Å². The van der Waals surface area contributed by atoms with Crippen LogP contribution in [-0.2, 0) is 13.0 Å². The lowest BCUT2D eigenvalue weighted by Crippen LogP contribution is -2.38. The van der Waals surface area contributed by atoms with E-state index in [0.29, 0.717) is 30.2 Å². The number of hydrogen-bond acceptors (Lipinski definition) is 5. The fourth-order valence-electron chi connectivity index (χ4n) is 2.79. The van der Waals surface area contributed by atoms with E-state index >= 15 is 0 Å². The van der Waals surface area contributed by atoms with Crippen molar-refractivity contribution >= 4 is 11.6 Å². The lowest BCUT2D eigenvalue weighted by molar-refractivity contribution is -0.0504. The number of aromatic nitrogens is 3. The smallest absolute Gasteiger partial charge is 0.387 e. The maximum absolute atomic E-state index is 12.6. The molecular formula is C19H22F2N6O2. The molecule has 8 nitrogen and oxygen atoms in total. The van der Waals surface area contributed by atoms with Crippen LogP contribution in [0.15, 0.2) is 47.6 Å². The standard InChI is InChI=1S/C19H22F2N6O2/c1-22-19(23-9-8-17-26-25-16-5-3-4-10-27(16)17)24-12-13-11-14(28-2)6-7-15(13)29-18(20)21/h3-7,10-11,18H,8-9,12H2,1-2H3,(H2,22,23,24). The van der Waals surface area contributed by atoms with E-state index in [-0.39, 0.29) is 12.3 Å². The quantitative estimate of drug-likeness (QED) is 0.443. The number of fused-ring (bicyclic) bond motifs is 1. The second kappa shape index (κ2) is 9.67. The maximum Gasteiger partial charge on any atom is 0.387 e. The number of methoxy groups -OCH3 is 1. The van der Waals surface area contributed by atoms with E-state index in [1.807, 2.05) is 28.8 Å². The summed E-state index contributed by atoms with van der Waals surface area (Å²) in [6.07, 6.45) is 2.54. The van der Waals surface area contributed by atoms with E-state index in [1.54, 1.807) is 19.2 Å². The summed E-state index contributed by atoms with van der Waals surface area (Å²) in [7, 11) is 3.14. The molecule has 3 rings (SSSR count). The lowest BCUT2D eigenvalue weighted by atomic mass is 10.2. The molecule has 0 amide bonds. The highest BCUT2D eigenvalue weighted by atomic mass is 19.3. The van der Waals surface area contributed by atoms with E-state index in [9.17, 15) is 8.78 Å². The van der Waals surface area contributed by atoms with Gasteiger partial charge in [-0.3, -0.25) is 9.39 Å². The summed E-state index contributed by atoms with van der Waals surface area (Å²) in [5.41, 5.74) is 1.31. The summed E-state index contributed by atoms with van der Waals surface area (Å²) in [5, 5.41) is 14.5. The molecule has 0 radical (unpaired) electrons. The Morgan fingerprint density at radius 2 is 2.07 bits per heavy atom. The van der Waals surface area contributed by atoms with Gasteiger partial charge in [0, 0.05) is 38.3 Å². The largest absolute Gasteiger partial charge is 0.497 e. The topological polar surface area (TPSA) is 85.1 Å². The van der Waals surface area contributed by atoms with Crippen LogP contribution in [0, 0.1) is 0 Å². The molecule has 2 heterocycles. The highest BCUT2D eigenvalue weighted by molar-refractivity contribution is 5.79. The molecule has 0 aliphatic rings. The predicted molar refractivity (Wildman–Crippen MR) is 105 cm³/mol. The van der Waals surface area contributed by atoms with Gasteiger partial charge in [-0.15, -0.1) is 10.2 Å². The van der Waals surface area contributed by atoms with Crippen molar-refractivity contribution in [2.75, 3.05) is 20.7 Å². The molecule has 0 atom stereocenters. The Balaban J connectivity index is 1.58. The maximum atomic E-state index is 12.6. The predicted octanol–water partition coefficient (Wildman–Crippen LogP) is 2.25. The van der Waals surface area contributed by atoms with Crippen LogP contribution in [0.4, 0.5) is 8.78 Å². The number of pyridine rings is 1. The Morgan fingerprint density at radius 1 is 1.21 bits per heavy atom. The van der Waals surface area contributed by atoms with Crippen LogP contribution >= 0.6 is 0 Å². The first-order valence-corrected chi connectivity index (χ1v) is 8.95. The van der Waals surface area contributed by atoms with Crippen LogP contribution in [0.5, 0.6) is 11.5 Å². The van der Waals surface area contributed by atoms with Gasteiger partial charge in [0.15, 0.2) is 11.6 Å². The van der Waals surface area contributed by atoms with Gasteiger partial charge in [0.1, 0.15) is 17.3 Å². The normalized spacial score (nSPS) is 11.7. The molecule has 2 N–H and O–H groups in total. The fourth-order valence-corrected chi connectivity index (χ4v) is 2.79. The zero-order chi connectivity index (χ0) is 20.6. The molecule has 29 heavy (non-hydrogen) atoms. The van der Waals surface area contributed by atoms with Gasteiger partial charge in [-0.25, -0.2) is 0 Å². The van der Waals surface area contributed by atoms with Crippen LogP contribution in [-0.4, -0.2) is 47.9 Å². The van der Waals surface area contributed by atoms with Crippen molar-refractivity contribution in [1.29, 1.82) is 0 Å². The summed E-state index contributed by atoms with van der Waals surface area (Å²) >= 11 is 0. The minimum absolute atomic E-state index is 0.0821. The van der Waals surface area contributed by atoms with Crippen molar-refractivity contribution in [2.24, 2.45) is 4.99 Å². The van der Waals surface area contributed by atoms with Crippen molar-refractivity contribution < 1.29 is 18.3 Å². The minimum atomic E-state index is -2.91. The molecule has 0 aliphatic heterocycles. The van der Waals surface area contributed by atoms with Gasteiger partial charge < -0.3 is 20.1 Å². The van der Waals surface area contributed by atoms with E-state index < -0.39 is 6.61 Å². The first kappa shape index (κ1) is 20.3. The van der Waals surface area contributed by atoms with Gasteiger partial charge in [0.25, 0.3) is 0 Å². The summed E-state index contributed by atoms with van der Waals surface area (Å²) in [6, 6.07) is 10.4. The Hall–Kier alpha value is -3.43. The SMILES string of the molecule is CN=C(NCCc1nnc2ccccn12)NCc1cc(OC)ccc1OC(F)F. The van der Waals surface area contributed by atoms with E-state index in [4.69, 9.17) is 4.74 Å². The van der Waals surface area contributed by atoms with E-state index in [1.165, 1.54) is 13.2 Å². The van der Waals surface area contributed by atoms with Crippen LogP contribution < -0.4 is 20.1 Å². The van der Waals surface area contributed by atoms with Crippen LogP contribution in [0.2, 0.25) is 0 Å². The number of aliphatic imine (C=N–C) groups is 1. The van der Waals surface area contributed by atoms with Crippen LogP contribution in [0.3, 0.4) is 0 Å². The molecule has 154 valence electrons. The Bertz CT molecular complexity index is 976. The average Bonchev–Trinajstić information content (AvgIpc) is 3.14. The highest BCUT2D eigenvalue weighted by Gasteiger charge is 2.12. The van der Waals surface area contributed by atoms with E-state index in [0.717, 1.165) is 11.5 Å². The number of guanidine groups is 1. The van der Waals surface area contributed by atoms with Gasteiger partial charge >= 0.3 is 6.61 Å². The molecule has 0 saturated carbocycles. The summed E-state index contributed by atoms with van der Waals surface area (Å²) < 4.78 is 36.9. The first-order chi connectivity index (χ1) is 14.1. The number of halogens is 2. The molecule has 1 aromatic carbocycles. The molecule has 2 aromatic heterocycles. The van der Waals surface area contributed by atoms with Crippen LogP contribution in [0.1, 0.15) is 11.4 Å². The van der Waals surface area contributed by atoms with Gasteiger partial charge in [0.2, 0.25) is 0 Å². The van der Waals surface area contributed by atoms with Gasteiger partial charge in [-0.05, 0) is 30.3 Å². The number of nitrogens with zero attached hydrogens (tertiary/aromatic N) is 4. The fraction of sp³-hybridized carbons (Fsp3) is 0.316. The average molecular weight is 404 g/mol. The minimum Gasteiger partial charge on any atom is -0.497 e. The third-order valence-electron chi connectivity index (χ3n) is 4.18. The summed E-state index contributed by atoms with van der Waals surface area (Å²) in [6.45, 7) is -2.11. The molecule has 0 bridgehead atoms. The Kier molecular flexibility index (Phi) is 6.77. The van der Waals surface area contributed by atoms with Crippen molar-refractivity contribution in [3.8, 4) is 11.5 Å². The van der Waals surface area contributed by atoms with Gasteiger partial charge in [-0.1, -0.05) is 6.07 Å². The molecule has 0 aliphatic carbocycles. The van der Waals surface area contributed by atoms with Crippen molar-refractivity contribution in [1.82, 2.24) is 25.2 Å². The molecule has 10 heteroatoms. The molecule has 0 fully saturated rings. The van der Waals surface area contributed by atoms with Crippen molar-refractivity contribution in [3.63, 3.8) is 0 Å². The zero-order valence-electron chi connectivity index (χ0n) is 16.1. The Labute approximate surface area is 166 Å². The zero-order valence-corrected chi connectivity index (χ0v) is 16.1. The molecule has 0 saturated heterocycles. The monoisotopic (exact) mass is 404 g/mol. The number of rotatable bonds is 8. The van der Waals surface area contributed by atoms with Crippen molar-refractivity contribution in [3.05, 3.63) is 54.0 Å². The summed E-state index contributed by atoms with van der Waals surface area (Å²) in [5.74, 6) is 1.97. The number of benzene rings is 1. The third-order valence-corrected chi connectivity index (χ3v) is 4.18. The molecular weight excluding hydrogens is 382 g/mol. The number of hydrogen-bond donors (Lipinski definition) is 2. The third kappa shape index (κ3) is 5.31. The molecule has 3 aromatic rings. The van der Waals surface area contributed by atoms with Crippen LogP contribution in [0.25, 0.3) is 5.65 Å². The number of ether oxygens (including phenoxy) is 2. The highest BCUT2D eigenvalue weighted by Crippen LogP contribution is 2.25. The van der Waals surface area contributed by atoms with Crippen molar-refractivity contribution in [2.45, 2.75) is 19.6 Å². The second-order valence-corrected chi connectivity index (χ2v) is 6.00.